The van der Waals surface area contributed by atoms with Crippen LogP contribution in [0.15, 0.2) is 48.5 Å². The molecule has 4 nitrogen and oxygen atoms in total. The number of hydrogen-bond donors (Lipinski definition) is 0. The number of fused-ring (bicyclic) bond motifs is 1. The van der Waals surface area contributed by atoms with E-state index < -0.39 is 0 Å². The summed E-state index contributed by atoms with van der Waals surface area (Å²) in [5.41, 5.74) is 3.50. The Morgan fingerprint density at radius 3 is 2.38 bits per heavy atom. The Kier molecular flexibility index (Phi) is 6.01. The van der Waals surface area contributed by atoms with Crippen LogP contribution in [0, 0.1) is 0 Å². The van der Waals surface area contributed by atoms with Crippen molar-refractivity contribution in [1.29, 1.82) is 0 Å². The number of thiazole rings is 1. The van der Waals surface area contributed by atoms with Gasteiger partial charge in [-0.1, -0.05) is 43.3 Å². The summed E-state index contributed by atoms with van der Waals surface area (Å²) in [5.74, 6) is 0.119. The normalized spacial score (nSPS) is 11.2. The molecule has 5 heteroatoms. The number of aromatic nitrogens is 1. The minimum absolute atomic E-state index is 0.119. The topological polar surface area (TPSA) is 36.4 Å². The Morgan fingerprint density at radius 1 is 1.00 bits per heavy atom. The number of rotatable bonds is 7. The van der Waals surface area contributed by atoms with Gasteiger partial charge >= 0.3 is 0 Å². The van der Waals surface area contributed by atoms with Gasteiger partial charge in [0.05, 0.1) is 23.3 Å². The predicted molar refractivity (Wildman–Crippen MR) is 108 cm³/mol. The number of carbonyl (C=O) groups excluding carboxylic acids is 1. The molecule has 1 amide bonds. The average molecular weight is 368 g/mol. The van der Waals surface area contributed by atoms with Crippen LogP contribution in [0.4, 0.5) is 0 Å². The van der Waals surface area contributed by atoms with Crippen molar-refractivity contribution in [3.63, 3.8) is 0 Å². The molecule has 0 fully saturated rings. The fourth-order valence-electron chi connectivity index (χ4n) is 2.87. The van der Waals surface area contributed by atoms with Gasteiger partial charge in [-0.15, -0.1) is 11.3 Å². The van der Waals surface area contributed by atoms with Gasteiger partial charge in [0.25, 0.3) is 0 Å². The summed E-state index contributed by atoms with van der Waals surface area (Å²) < 4.78 is 1.19. The van der Waals surface area contributed by atoms with Gasteiger partial charge in [-0.3, -0.25) is 9.69 Å². The van der Waals surface area contributed by atoms with Gasteiger partial charge in [0.1, 0.15) is 5.01 Å². The van der Waals surface area contributed by atoms with E-state index in [1.807, 2.05) is 37.2 Å². The zero-order valence-corrected chi connectivity index (χ0v) is 16.4. The monoisotopic (exact) mass is 367 g/mol. The van der Waals surface area contributed by atoms with Gasteiger partial charge in [0.2, 0.25) is 5.91 Å². The van der Waals surface area contributed by atoms with Gasteiger partial charge in [-0.25, -0.2) is 4.98 Å². The number of aryl methyl sites for hydroxylation is 1. The smallest absolute Gasteiger partial charge is 0.236 e. The molecule has 0 aliphatic rings. The lowest BCUT2D eigenvalue weighted by atomic mass is 10.1. The molecule has 0 N–H and O–H groups in total. The first-order valence-electron chi connectivity index (χ1n) is 8.90. The number of amides is 1. The van der Waals surface area contributed by atoms with E-state index in [0.29, 0.717) is 19.6 Å². The van der Waals surface area contributed by atoms with E-state index in [4.69, 9.17) is 0 Å². The predicted octanol–water partition coefficient (Wildman–Crippen LogP) is 3.95. The highest BCUT2D eigenvalue weighted by molar-refractivity contribution is 7.18. The summed E-state index contributed by atoms with van der Waals surface area (Å²) in [6.45, 7) is 3.85. The number of likely N-dealkylation sites (N-methyl/N-ethyl adjacent to an activating group) is 2. The Hall–Kier alpha value is -2.24. The van der Waals surface area contributed by atoms with Crippen molar-refractivity contribution in [1.82, 2.24) is 14.8 Å². The molecule has 0 spiro atoms. The van der Waals surface area contributed by atoms with Crippen LogP contribution in [0.5, 0.6) is 0 Å². The second kappa shape index (κ2) is 8.43. The van der Waals surface area contributed by atoms with Crippen molar-refractivity contribution in [2.24, 2.45) is 0 Å². The minimum Gasteiger partial charge on any atom is -0.340 e. The fourth-order valence-corrected chi connectivity index (χ4v) is 3.92. The number of nitrogens with zero attached hydrogens (tertiary/aromatic N) is 3. The number of hydrogen-bond acceptors (Lipinski definition) is 4. The largest absolute Gasteiger partial charge is 0.340 e. The molecule has 0 radical (unpaired) electrons. The van der Waals surface area contributed by atoms with Crippen molar-refractivity contribution >= 4 is 27.5 Å². The molecule has 0 bridgehead atoms. The van der Waals surface area contributed by atoms with Crippen LogP contribution in [0.3, 0.4) is 0 Å². The van der Waals surface area contributed by atoms with Crippen LogP contribution in [0.2, 0.25) is 0 Å². The Labute approximate surface area is 159 Å². The molecular formula is C21H25N3OS. The third-order valence-corrected chi connectivity index (χ3v) is 5.45. The van der Waals surface area contributed by atoms with Crippen LogP contribution in [0.25, 0.3) is 10.2 Å². The lowest BCUT2D eigenvalue weighted by molar-refractivity contribution is -0.131. The highest BCUT2D eigenvalue weighted by Gasteiger charge is 2.14. The molecule has 1 aromatic heterocycles. The van der Waals surface area contributed by atoms with Crippen LogP contribution in [0.1, 0.15) is 23.1 Å². The molecule has 26 heavy (non-hydrogen) atoms. The van der Waals surface area contributed by atoms with Gasteiger partial charge in [0, 0.05) is 13.6 Å². The maximum atomic E-state index is 12.5. The molecule has 0 saturated heterocycles. The first-order valence-corrected chi connectivity index (χ1v) is 9.71. The second-order valence-electron chi connectivity index (χ2n) is 6.67. The van der Waals surface area contributed by atoms with Crippen molar-refractivity contribution in [3.05, 3.63) is 64.7 Å². The Morgan fingerprint density at radius 2 is 1.69 bits per heavy atom. The van der Waals surface area contributed by atoms with Gasteiger partial charge in [0.15, 0.2) is 0 Å². The van der Waals surface area contributed by atoms with E-state index in [1.165, 1.54) is 10.3 Å². The molecule has 0 saturated carbocycles. The second-order valence-corrected chi connectivity index (χ2v) is 7.78. The quantitative estimate of drug-likeness (QED) is 0.634. The molecular weight excluding hydrogens is 342 g/mol. The lowest BCUT2D eigenvalue weighted by Gasteiger charge is -2.21. The van der Waals surface area contributed by atoms with E-state index >= 15 is 0 Å². The zero-order chi connectivity index (χ0) is 18.5. The van der Waals surface area contributed by atoms with Crippen LogP contribution in [-0.4, -0.2) is 41.3 Å². The molecule has 0 atom stereocenters. The van der Waals surface area contributed by atoms with Crippen molar-refractivity contribution in [2.45, 2.75) is 26.4 Å². The summed E-state index contributed by atoms with van der Waals surface area (Å²) in [4.78, 5) is 21.0. The van der Waals surface area contributed by atoms with Gasteiger partial charge in [-0.2, -0.15) is 0 Å². The highest BCUT2D eigenvalue weighted by atomic mass is 32.1. The van der Waals surface area contributed by atoms with E-state index in [2.05, 4.69) is 42.2 Å². The highest BCUT2D eigenvalue weighted by Crippen LogP contribution is 2.22. The molecule has 0 aliphatic heterocycles. The first kappa shape index (κ1) is 18.5. The summed E-state index contributed by atoms with van der Waals surface area (Å²) in [5, 5.41) is 1.04. The summed E-state index contributed by atoms with van der Waals surface area (Å²) in [6.07, 6.45) is 1.03. The van der Waals surface area contributed by atoms with E-state index in [9.17, 15) is 4.79 Å². The third kappa shape index (κ3) is 4.68. The Bertz CT molecular complexity index is 839. The number of benzene rings is 2. The molecule has 3 rings (SSSR count). The van der Waals surface area contributed by atoms with E-state index in [1.54, 1.807) is 16.2 Å². The molecule has 0 unspecified atom stereocenters. The standard InChI is InChI=1S/C21H25N3OS/c1-4-16-9-11-17(12-10-16)13-24(3)21(25)15-23(2)14-20-22-18-7-5-6-8-19(18)26-20/h5-12H,4,13-15H2,1-3H3. The fraction of sp³-hybridized carbons (Fsp3) is 0.333. The van der Waals surface area contributed by atoms with Crippen LogP contribution in [-0.2, 0) is 24.3 Å². The Balaban J connectivity index is 1.53. The number of carbonyl (C=O) groups is 1. The van der Waals surface area contributed by atoms with Crippen molar-refractivity contribution in [3.8, 4) is 0 Å². The summed E-state index contributed by atoms with van der Waals surface area (Å²) in [7, 11) is 3.83. The van der Waals surface area contributed by atoms with Crippen molar-refractivity contribution in [2.75, 3.05) is 20.6 Å². The number of para-hydroxylation sites is 1. The van der Waals surface area contributed by atoms with Crippen LogP contribution >= 0.6 is 11.3 Å². The lowest BCUT2D eigenvalue weighted by Crippen LogP contribution is -2.36. The van der Waals surface area contributed by atoms with Gasteiger partial charge < -0.3 is 4.90 Å². The molecule has 3 aromatic rings. The zero-order valence-electron chi connectivity index (χ0n) is 15.6. The van der Waals surface area contributed by atoms with Crippen LogP contribution < -0.4 is 0 Å². The molecule has 136 valence electrons. The van der Waals surface area contributed by atoms with Gasteiger partial charge in [-0.05, 0) is 36.7 Å². The van der Waals surface area contributed by atoms with Crippen molar-refractivity contribution < 1.29 is 4.79 Å². The minimum atomic E-state index is 0.119. The average Bonchev–Trinajstić information content (AvgIpc) is 3.04. The third-order valence-electron chi connectivity index (χ3n) is 4.43. The van der Waals surface area contributed by atoms with E-state index in [-0.39, 0.29) is 5.91 Å². The maximum absolute atomic E-state index is 12.5. The first-order chi connectivity index (χ1) is 12.5. The molecule has 1 heterocycles. The summed E-state index contributed by atoms with van der Waals surface area (Å²) >= 11 is 1.69. The molecule has 0 aliphatic carbocycles. The van der Waals surface area contributed by atoms with E-state index in [0.717, 1.165) is 22.5 Å². The summed E-state index contributed by atoms with van der Waals surface area (Å²) in [6, 6.07) is 16.6. The SMILES string of the molecule is CCc1ccc(CN(C)C(=O)CN(C)Cc2nc3ccccc3s2)cc1. The molecule has 2 aromatic carbocycles. The maximum Gasteiger partial charge on any atom is 0.236 e.